The lowest BCUT2D eigenvalue weighted by Gasteiger charge is -2.23. The zero-order chi connectivity index (χ0) is 9.14. The minimum atomic E-state index is 0.424. The van der Waals surface area contributed by atoms with Crippen LogP contribution in [0.15, 0.2) is 11.1 Å². The third-order valence-corrected chi connectivity index (χ3v) is 3.29. The van der Waals surface area contributed by atoms with Crippen LogP contribution in [0.1, 0.15) is 46.5 Å². The van der Waals surface area contributed by atoms with Gasteiger partial charge in [-0.1, -0.05) is 18.1 Å². The molecule has 12 heavy (non-hydrogen) atoms. The van der Waals surface area contributed by atoms with Crippen molar-refractivity contribution in [3.8, 4) is 0 Å². The topological polar surface area (TPSA) is 26.0 Å². The van der Waals surface area contributed by atoms with Crippen LogP contribution in [0, 0.1) is 5.92 Å². The molecular formula is C11H21N. The van der Waals surface area contributed by atoms with Gasteiger partial charge in [-0.2, -0.15) is 0 Å². The molecule has 1 rings (SSSR count). The third kappa shape index (κ3) is 2.34. The van der Waals surface area contributed by atoms with E-state index in [2.05, 4.69) is 20.8 Å². The second kappa shape index (κ2) is 4.08. The van der Waals surface area contributed by atoms with Crippen molar-refractivity contribution < 1.29 is 0 Å². The molecule has 0 saturated heterocycles. The SMILES string of the molecule is C/C1=C(\C)CCC(N)C(C)CC1. The monoisotopic (exact) mass is 167 g/mol. The lowest BCUT2D eigenvalue weighted by atomic mass is 9.86. The van der Waals surface area contributed by atoms with Crippen molar-refractivity contribution >= 4 is 0 Å². The first-order valence-corrected chi connectivity index (χ1v) is 5.02. The van der Waals surface area contributed by atoms with E-state index in [-0.39, 0.29) is 0 Å². The fourth-order valence-electron chi connectivity index (χ4n) is 1.75. The minimum Gasteiger partial charge on any atom is -0.327 e. The Morgan fingerprint density at radius 3 is 2.17 bits per heavy atom. The Hall–Kier alpha value is -0.300. The maximum absolute atomic E-state index is 6.03. The van der Waals surface area contributed by atoms with E-state index in [1.165, 1.54) is 25.7 Å². The second-order valence-corrected chi connectivity index (χ2v) is 4.28. The normalized spacial score (nSPS) is 39.0. The molecule has 0 amide bonds. The molecule has 2 N–H and O–H groups in total. The molecule has 0 bridgehead atoms. The predicted octanol–water partition coefficient (Wildman–Crippen LogP) is 2.86. The number of nitrogens with two attached hydrogens (primary N) is 1. The Morgan fingerprint density at radius 1 is 1.08 bits per heavy atom. The van der Waals surface area contributed by atoms with Gasteiger partial charge in [0, 0.05) is 6.04 Å². The van der Waals surface area contributed by atoms with Crippen LogP contribution in [0.3, 0.4) is 0 Å². The van der Waals surface area contributed by atoms with Gasteiger partial charge in [-0.15, -0.1) is 0 Å². The van der Waals surface area contributed by atoms with Crippen LogP contribution in [0.25, 0.3) is 0 Å². The van der Waals surface area contributed by atoms with Crippen LogP contribution in [0.5, 0.6) is 0 Å². The molecular weight excluding hydrogens is 146 g/mol. The molecule has 0 heterocycles. The van der Waals surface area contributed by atoms with Crippen molar-refractivity contribution in [2.45, 2.75) is 52.5 Å². The lowest BCUT2D eigenvalue weighted by Crippen LogP contribution is -2.29. The van der Waals surface area contributed by atoms with Crippen molar-refractivity contribution in [2.75, 3.05) is 0 Å². The number of allylic oxidation sites excluding steroid dienone is 2. The Balaban J connectivity index is 2.62. The molecule has 2 unspecified atom stereocenters. The molecule has 0 aromatic heterocycles. The van der Waals surface area contributed by atoms with Crippen molar-refractivity contribution in [1.82, 2.24) is 0 Å². The summed E-state index contributed by atoms with van der Waals surface area (Å²) >= 11 is 0. The maximum atomic E-state index is 6.03. The van der Waals surface area contributed by atoms with E-state index in [1.54, 1.807) is 11.1 Å². The molecule has 0 aliphatic heterocycles. The molecule has 1 aliphatic carbocycles. The molecule has 1 nitrogen and oxygen atoms in total. The molecule has 70 valence electrons. The van der Waals surface area contributed by atoms with E-state index in [0.29, 0.717) is 12.0 Å². The zero-order valence-corrected chi connectivity index (χ0v) is 8.56. The molecule has 0 saturated carbocycles. The average molecular weight is 167 g/mol. The van der Waals surface area contributed by atoms with Crippen LogP contribution in [0.4, 0.5) is 0 Å². The summed E-state index contributed by atoms with van der Waals surface area (Å²) in [4.78, 5) is 0. The van der Waals surface area contributed by atoms with Gasteiger partial charge in [-0.05, 0) is 45.4 Å². The van der Waals surface area contributed by atoms with Gasteiger partial charge in [-0.25, -0.2) is 0 Å². The van der Waals surface area contributed by atoms with Gasteiger partial charge in [0.05, 0.1) is 0 Å². The fourth-order valence-corrected chi connectivity index (χ4v) is 1.75. The Kier molecular flexibility index (Phi) is 3.33. The van der Waals surface area contributed by atoms with Gasteiger partial charge in [0.1, 0.15) is 0 Å². The molecule has 2 atom stereocenters. The summed E-state index contributed by atoms with van der Waals surface area (Å²) in [5, 5.41) is 0. The summed E-state index contributed by atoms with van der Waals surface area (Å²) in [5.41, 5.74) is 9.19. The summed E-state index contributed by atoms with van der Waals surface area (Å²) in [7, 11) is 0. The highest BCUT2D eigenvalue weighted by molar-refractivity contribution is 5.11. The van der Waals surface area contributed by atoms with Crippen molar-refractivity contribution in [1.29, 1.82) is 0 Å². The Morgan fingerprint density at radius 2 is 1.58 bits per heavy atom. The first-order chi connectivity index (χ1) is 5.61. The molecule has 0 fully saturated rings. The second-order valence-electron chi connectivity index (χ2n) is 4.28. The van der Waals surface area contributed by atoms with Gasteiger partial charge in [0.25, 0.3) is 0 Å². The van der Waals surface area contributed by atoms with Crippen molar-refractivity contribution in [2.24, 2.45) is 11.7 Å². The van der Waals surface area contributed by atoms with Gasteiger partial charge in [-0.3, -0.25) is 0 Å². The molecule has 1 heteroatoms. The van der Waals surface area contributed by atoms with Crippen LogP contribution in [-0.2, 0) is 0 Å². The van der Waals surface area contributed by atoms with Gasteiger partial charge in [0.2, 0.25) is 0 Å². The van der Waals surface area contributed by atoms with E-state index >= 15 is 0 Å². The van der Waals surface area contributed by atoms with Gasteiger partial charge < -0.3 is 5.73 Å². The highest BCUT2D eigenvalue weighted by Crippen LogP contribution is 2.25. The standard InChI is InChI=1S/C11H21N/c1-8-4-5-10(3)11(12)7-6-9(8)2/h10-11H,4-7,12H2,1-3H3/b9-8-. The van der Waals surface area contributed by atoms with Crippen LogP contribution < -0.4 is 5.73 Å². The minimum absolute atomic E-state index is 0.424. The molecule has 1 aliphatic rings. The summed E-state index contributed by atoms with van der Waals surface area (Å²) in [6.45, 7) is 6.79. The van der Waals surface area contributed by atoms with Crippen LogP contribution in [-0.4, -0.2) is 6.04 Å². The number of rotatable bonds is 0. The summed E-state index contributed by atoms with van der Waals surface area (Å²) in [6.07, 6.45) is 4.90. The van der Waals surface area contributed by atoms with E-state index < -0.39 is 0 Å². The maximum Gasteiger partial charge on any atom is 0.00676 e. The molecule has 0 aromatic rings. The fraction of sp³-hybridized carbons (Fsp3) is 0.818. The zero-order valence-electron chi connectivity index (χ0n) is 8.56. The molecule has 0 radical (unpaired) electrons. The molecule has 0 aromatic carbocycles. The smallest absolute Gasteiger partial charge is 0.00676 e. The predicted molar refractivity (Wildman–Crippen MR) is 54.0 cm³/mol. The largest absolute Gasteiger partial charge is 0.327 e. The van der Waals surface area contributed by atoms with Crippen molar-refractivity contribution in [3.63, 3.8) is 0 Å². The van der Waals surface area contributed by atoms with E-state index in [0.717, 1.165) is 0 Å². The highest BCUT2D eigenvalue weighted by Gasteiger charge is 2.15. The Labute approximate surface area is 76.0 Å². The molecule has 0 spiro atoms. The average Bonchev–Trinajstić information content (AvgIpc) is 2.07. The van der Waals surface area contributed by atoms with Gasteiger partial charge in [0.15, 0.2) is 0 Å². The first-order valence-electron chi connectivity index (χ1n) is 5.02. The number of hydrogen-bond acceptors (Lipinski definition) is 1. The van der Waals surface area contributed by atoms with Crippen LogP contribution in [0.2, 0.25) is 0 Å². The first kappa shape index (κ1) is 9.79. The summed E-state index contributed by atoms with van der Waals surface area (Å²) in [6, 6.07) is 0.424. The Bertz CT molecular complexity index is 161. The lowest BCUT2D eigenvalue weighted by molar-refractivity contribution is 0.396. The van der Waals surface area contributed by atoms with E-state index in [9.17, 15) is 0 Å². The third-order valence-electron chi connectivity index (χ3n) is 3.29. The summed E-state index contributed by atoms with van der Waals surface area (Å²) < 4.78 is 0. The number of hydrogen-bond donors (Lipinski definition) is 1. The van der Waals surface area contributed by atoms with Gasteiger partial charge >= 0.3 is 0 Å². The summed E-state index contributed by atoms with van der Waals surface area (Å²) in [5.74, 6) is 0.702. The van der Waals surface area contributed by atoms with Crippen LogP contribution >= 0.6 is 0 Å². The van der Waals surface area contributed by atoms with E-state index in [4.69, 9.17) is 5.73 Å². The highest BCUT2D eigenvalue weighted by atomic mass is 14.6. The quantitative estimate of drug-likeness (QED) is 0.552. The van der Waals surface area contributed by atoms with E-state index in [1.807, 2.05) is 0 Å². The van der Waals surface area contributed by atoms with Crippen molar-refractivity contribution in [3.05, 3.63) is 11.1 Å².